The van der Waals surface area contributed by atoms with Crippen LogP contribution in [-0.4, -0.2) is 10.8 Å². The number of nitrogens with one attached hydrogen (secondary N) is 1. The minimum absolute atomic E-state index is 0.109. The Labute approximate surface area is 126 Å². The maximum Gasteiger partial charge on any atom is 0.195 e. The van der Waals surface area contributed by atoms with Gasteiger partial charge in [0.15, 0.2) is 5.78 Å². The van der Waals surface area contributed by atoms with E-state index in [1.807, 2.05) is 6.92 Å². The van der Waals surface area contributed by atoms with Crippen LogP contribution in [-0.2, 0) is 0 Å². The summed E-state index contributed by atoms with van der Waals surface area (Å²) >= 11 is 6.02. The van der Waals surface area contributed by atoms with Gasteiger partial charge in [-0.1, -0.05) is 11.6 Å². The van der Waals surface area contributed by atoms with Crippen LogP contribution < -0.4 is 0 Å². The van der Waals surface area contributed by atoms with E-state index in [4.69, 9.17) is 16.9 Å². The van der Waals surface area contributed by atoms with Gasteiger partial charge in [0.2, 0.25) is 0 Å². The van der Waals surface area contributed by atoms with Crippen LogP contribution in [0.25, 0.3) is 10.9 Å². The van der Waals surface area contributed by atoms with E-state index in [0.29, 0.717) is 21.7 Å². The number of aromatic nitrogens is 1. The molecule has 1 heterocycles. The highest BCUT2D eigenvalue weighted by atomic mass is 35.5. The molecule has 2 aromatic carbocycles. The van der Waals surface area contributed by atoms with Crippen molar-refractivity contribution in [3.05, 3.63) is 69.9 Å². The van der Waals surface area contributed by atoms with E-state index >= 15 is 0 Å². The molecule has 0 fully saturated rings. The van der Waals surface area contributed by atoms with Crippen molar-refractivity contribution < 1.29 is 4.79 Å². The van der Waals surface area contributed by atoms with Gasteiger partial charge in [-0.05, 0) is 48.9 Å². The lowest BCUT2D eigenvalue weighted by molar-refractivity contribution is 0.104. The average Bonchev–Trinajstić information content (AvgIpc) is 2.88. The Bertz CT molecular complexity index is 883. The molecule has 0 atom stereocenters. The standard InChI is InChI=1S/C17H11ClN2O/c1-10-4-12(7-13(18)5-10)17(21)15-9-20-16-3-2-11(8-19)6-14(15)16/h2-7,9,20H,1H3. The molecule has 21 heavy (non-hydrogen) atoms. The Morgan fingerprint density at radius 3 is 2.76 bits per heavy atom. The van der Waals surface area contributed by atoms with Gasteiger partial charge < -0.3 is 4.98 Å². The highest BCUT2D eigenvalue weighted by Crippen LogP contribution is 2.24. The van der Waals surface area contributed by atoms with Gasteiger partial charge in [0, 0.05) is 33.2 Å². The van der Waals surface area contributed by atoms with Crippen molar-refractivity contribution in [1.29, 1.82) is 5.26 Å². The van der Waals surface area contributed by atoms with Crippen molar-refractivity contribution in [1.82, 2.24) is 4.98 Å². The van der Waals surface area contributed by atoms with Gasteiger partial charge in [0.25, 0.3) is 0 Å². The number of benzene rings is 2. The maximum absolute atomic E-state index is 12.7. The molecule has 0 aliphatic heterocycles. The highest BCUT2D eigenvalue weighted by molar-refractivity contribution is 6.31. The van der Waals surface area contributed by atoms with Crippen molar-refractivity contribution >= 4 is 28.3 Å². The lowest BCUT2D eigenvalue weighted by Crippen LogP contribution is -2.01. The van der Waals surface area contributed by atoms with Gasteiger partial charge in [0.1, 0.15) is 0 Å². The first-order valence-electron chi connectivity index (χ1n) is 6.41. The molecule has 0 spiro atoms. The lowest BCUT2D eigenvalue weighted by Gasteiger charge is -2.03. The molecular formula is C17H11ClN2O. The van der Waals surface area contributed by atoms with Gasteiger partial charge in [-0.15, -0.1) is 0 Å². The van der Waals surface area contributed by atoms with E-state index in [2.05, 4.69) is 11.1 Å². The van der Waals surface area contributed by atoms with E-state index in [-0.39, 0.29) is 5.78 Å². The minimum atomic E-state index is -0.109. The molecule has 102 valence electrons. The third-order valence-corrected chi connectivity index (χ3v) is 3.58. The van der Waals surface area contributed by atoms with Crippen molar-refractivity contribution in [2.24, 2.45) is 0 Å². The summed E-state index contributed by atoms with van der Waals surface area (Å²) in [5, 5.41) is 10.3. The molecule has 3 rings (SSSR count). The molecule has 0 aliphatic carbocycles. The third-order valence-electron chi connectivity index (χ3n) is 3.36. The Kier molecular flexibility index (Phi) is 3.25. The van der Waals surface area contributed by atoms with Crippen LogP contribution in [0.2, 0.25) is 5.02 Å². The van der Waals surface area contributed by atoms with Crippen molar-refractivity contribution in [2.75, 3.05) is 0 Å². The quantitative estimate of drug-likeness (QED) is 0.719. The Morgan fingerprint density at radius 2 is 2.05 bits per heavy atom. The number of aromatic amines is 1. The number of rotatable bonds is 2. The summed E-state index contributed by atoms with van der Waals surface area (Å²) in [5.41, 5.74) is 3.38. The summed E-state index contributed by atoms with van der Waals surface area (Å²) in [4.78, 5) is 15.7. The number of carbonyl (C=O) groups excluding carboxylic acids is 1. The van der Waals surface area contributed by atoms with Crippen molar-refractivity contribution in [2.45, 2.75) is 6.92 Å². The summed E-state index contributed by atoms with van der Waals surface area (Å²) < 4.78 is 0. The molecule has 3 aromatic rings. The SMILES string of the molecule is Cc1cc(Cl)cc(C(=O)c2c[nH]c3ccc(C#N)cc23)c1. The fourth-order valence-electron chi connectivity index (χ4n) is 2.40. The van der Waals surface area contributed by atoms with E-state index in [0.717, 1.165) is 16.5 Å². The Hall–Kier alpha value is -2.57. The van der Waals surface area contributed by atoms with Crippen molar-refractivity contribution in [3.63, 3.8) is 0 Å². The second-order valence-electron chi connectivity index (χ2n) is 4.92. The number of carbonyl (C=O) groups is 1. The van der Waals surface area contributed by atoms with Gasteiger partial charge in [0.05, 0.1) is 11.6 Å². The average molecular weight is 295 g/mol. The number of ketones is 1. The molecule has 1 N–H and O–H groups in total. The van der Waals surface area contributed by atoms with E-state index < -0.39 is 0 Å². The van der Waals surface area contributed by atoms with E-state index in [1.54, 1.807) is 42.6 Å². The normalized spacial score (nSPS) is 10.5. The van der Waals surface area contributed by atoms with E-state index in [1.165, 1.54) is 0 Å². The molecule has 0 saturated carbocycles. The summed E-state index contributed by atoms with van der Waals surface area (Å²) in [6, 6.07) is 12.6. The smallest absolute Gasteiger partial charge is 0.195 e. The van der Waals surface area contributed by atoms with Crippen LogP contribution in [0, 0.1) is 18.3 Å². The van der Waals surface area contributed by atoms with Gasteiger partial charge in [-0.2, -0.15) is 5.26 Å². The number of halogens is 1. The first kappa shape index (κ1) is 13.4. The maximum atomic E-state index is 12.7. The molecule has 1 aromatic heterocycles. The molecule has 0 unspecified atom stereocenters. The summed E-state index contributed by atoms with van der Waals surface area (Å²) in [6.45, 7) is 1.89. The second kappa shape index (κ2) is 5.08. The fourth-order valence-corrected chi connectivity index (χ4v) is 2.69. The predicted octanol–water partition coefficient (Wildman–Crippen LogP) is 4.23. The van der Waals surface area contributed by atoms with Crippen LogP contribution in [0.5, 0.6) is 0 Å². The summed E-state index contributed by atoms with van der Waals surface area (Å²) in [6.07, 6.45) is 1.67. The second-order valence-corrected chi connectivity index (χ2v) is 5.36. The topological polar surface area (TPSA) is 56.6 Å². The van der Waals surface area contributed by atoms with Crippen LogP contribution >= 0.6 is 11.6 Å². The molecule has 0 radical (unpaired) electrons. The first-order valence-corrected chi connectivity index (χ1v) is 6.79. The third kappa shape index (κ3) is 2.42. The number of nitrogens with zero attached hydrogens (tertiary/aromatic N) is 1. The molecule has 0 bridgehead atoms. The molecule has 0 amide bonds. The zero-order valence-electron chi connectivity index (χ0n) is 11.3. The van der Waals surface area contributed by atoms with Crippen LogP contribution in [0.1, 0.15) is 27.0 Å². The molecule has 4 heteroatoms. The van der Waals surface area contributed by atoms with E-state index in [9.17, 15) is 4.79 Å². The fraction of sp³-hybridized carbons (Fsp3) is 0.0588. The highest BCUT2D eigenvalue weighted by Gasteiger charge is 2.15. The molecule has 0 saturated heterocycles. The molecule has 0 aliphatic rings. The van der Waals surface area contributed by atoms with Gasteiger partial charge >= 0.3 is 0 Å². The number of fused-ring (bicyclic) bond motifs is 1. The van der Waals surface area contributed by atoms with Crippen LogP contribution in [0.3, 0.4) is 0 Å². The number of H-pyrrole nitrogens is 1. The van der Waals surface area contributed by atoms with Crippen LogP contribution in [0.4, 0.5) is 0 Å². The summed E-state index contributed by atoms with van der Waals surface area (Å²) in [7, 11) is 0. The number of hydrogen-bond donors (Lipinski definition) is 1. The summed E-state index contributed by atoms with van der Waals surface area (Å²) in [5.74, 6) is -0.109. The van der Waals surface area contributed by atoms with Crippen molar-refractivity contribution in [3.8, 4) is 6.07 Å². The Balaban J connectivity index is 2.15. The zero-order chi connectivity index (χ0) is 15.0. The number of hydrogen-bond acceptors (Lipinski definition) is 2. The van der Waals surface area contributed by atoms with Gasteiger partial charge in [-0.3, -0.25) is 4.79 Å². The molecule has 3 nitrogen and oxygen atoms in total. The monoisotopic (exact) mass is 294 g/mol. The zero-order valence-corrected chi connectivity index (χ0v) is 12.0. The lowest BCUT2D eigenvalue weighted by atomic mass is 10.0. The number of nitriles is 1. The Morgan fingerprint density at radius 1 is 1.24 bits per heavy atom. The molecular weight excluding hydrogens is 284 g/mol. The predicted molar refractivity (Wildman–Crippen MR) is 82.6 cm³/mol. The first-order chi connectivity index (χ1) is 10.1. The van der Waals surface area contributed by atoms with Crippen LogP contribution in [0.15, 0.2) is 42.6 Å². The largest absolute Gasteiger partial charge is 0.360 e. The number of aryl methyl sites for hydroxylation is 1. The minimum Gasteiger partial charge on any atom is -0.360 e. The van der Waals surface area contributed by atoms with Gasteiger partial charge in [-0.25, -0.2) is 0 Å².